The molecule has 3 rings (SSSR count). The molecule has 1 aliphatic carbocycles. The van der Waals surface area contributed by atoms with E-state index in [1.165, 1.54) is 0 Å². The van der Waals surface area contributed by atoms with Crippen LogP contribution in [0.3, 0.4) is 0 Å². The van der Waals surface area contributed by atoms with Gasteiger partial charge < -0.3 is 10.0 Å². The Labute approximate surface area is 117 Å². The van der Waals surface area contributed by atoms with Crippen LogP contribution in [0.25, 0.3) is 10.9 Å². The van der Waals surface area contributed by atoms with Gasteiger partial charge in [0, 0.05) is 19.0 Å². The minimum absolute atomic E-state index is 0.151. The van der Waals surface area contributed by atoms with Crippen molar-refractivity contribution < 1.29 is 9.90 Å². The van der Waals surface area contributed by atoms with Gasteiger partial charge in [-0.3, -0.25) is 9.89 Å². The van der Waals surface area contributed by atoms with Crippen molar-refractivity contribution in [2.75, 3.05) is 13.6 Å². The van der Waals surface area contributed by atoms with E-state index in [-0.39, 0.29) is 5.91 Å². The van der Waals surface area contributed by atoms with Crippen LogP contribution < -0.4 is 0 Å². The molecule has 1 aromatic carbocycles. The number of hydrogen-bond donors (Lipinski definition) is 2. The second-order valence-electron chi connectivity index (χ2n) is 5.71. The number of aromatic amines is 1. The van der Waals surface area contributed by atoms with E-state index in [2.05, 4.69) is 10.2 Å². The maximum Gasteiger partial charge on any atom is 0.274 e. The summed E-state index contributed by atoms with van der Waals surface area (Å²) < 4.78 is 0. The van der Waals surface area contributed by atoms with Crippen LogP contribution in [0.4, 0.5) is 0 Å². The molecule has 20 heavy (non-hydrogen) atoms. The van der Waals surface area contributed by atoms with E-state index >= 15 is 0 Å². The third-order valence-corrected chi connectivity index (χ3v) is 3.89. The Hall–Kier alpha value is -1.88. The number of aliphatic hydroxyl groups excluding tert-OH is 1. The molecule has 0 saturated heterocycles. The molecule has 1 heterocycles. The summed E-state index contributed by atoms with van der Waals surface area (Å²) in [7, 11) is 1.71. The Balaban J connectivity index is 1.82. The summed E-state index contributed by atoms with van der Waals surface area (Å²) in [6, 6.07) is 5.86. The van der Waals surface area contributed by atoms with Gasteiger partial charge in [-0.05, 0) is 37.8 Å². The SMILES string of the molecule is Cc1ccc2[nH]nc(C(=O)N(C)CC(O)C3CC3)c2c1. The molecule has 1 amide bonds. The molecule has 2 N–H and O–H groups in total. The molecular weight excluding hydrogens is 254 g/mol. The third kappa shape index (κ3) is 2.41. The smallest absolute Gasteiger partial charge is 0.274 e. The van der Waals surface area contributed by atoms with Gasteiger partial charge in [-0.1, -0.05) is 11.6 Å². The van der Waals surface area contributed by atoms with E-state index < -0.39 is 6.10 Å². The first-order chi connectivity index (χ1) is 9.56. The summed E-state index contributed by atoms with van der Waals surface area (Å²) in [5, 5.41) is 17.8. The first-order valence-electron chi connectivity index (χ1n) is 6.94. The molecule has 1 aromatic heterocycles. The molecule has 0 bridgehead atoms. The van der Waals surface area contributed by atoms with Crippen molar-refractivity contribution in [2.24, 2.45) is 5.92 Å². The maximum absolute atomic E-state index is 12.4. The number of aromatic nitrogens is 2. The Kier molecular flexibility index (Phi) is 3.22. The highest BCUT2D eigenvalue weighted by Crippen LogP contribution is 2.32. The molecule has 2 aromatic rings. The van der Waals surface area contributed by atoms with Gasteiger partial charge in [0.05, 0.1) is 11.6 Å². The molecule has 5 heteroatoms. The van der Waals surface area contributed by atoms with Crippen molar-refractivity contribution in [2.45, 2.75) is 25.9 Å². The van der Waals surface area contributed by atoms with E-state index in [0.29, 0.717) is 18.2 Å². The Morgan fingerprint density at radius 2 is 2.30 bits per heavy atom. The van der Waals surface area contributed by atoms with Crippen LogP contribution in [-0.4, -0.2) is 45.8 Å². The van der Waals surface area contributed by atoms with Gasteiger partial charge >= 0.3 is 0 Å². The predicted octanol–water partition coefficient (Wildman–Crippen LogP) is 1.71. The number of aliphatic hydroxyl groups is 1. The molecule has 5 nitrogen and oxygen atoms in total. The normalized spacial score (nSPS) is 16.4. The number of nitrogens with zero attached hydrogens (tertiary/aromatic N) is 2. The fourth-order valence-electron chi connectivity index (χ4n) is 2.47. The van der Waals surface area contributed by atoms with Gasteiger partial charge in [-0.2, -0.15) is 5.10 Å². The minimum atomic E-state index is -0.420. The summed E-state index contributed by atoms with van der Waals surface area (Å²) >= 11 is 0. The number of nitrogens with one attached hydrogen (secondary N) is 1. The van der Waals surface area contributed by atoms with Crippen LogP contribution in [-0.2, 0) is 0 Å². The average Bonchev–Trinajstić information content (AvgIpc) is 3.19. The van der Waals surface area contributed by atoms with Crippen molar-refractivity contribution >= 4 is 16.8 Å². The highest BCUT2D eigenvalue weighted by atomic mass is 16.3. The number of likely N-dealkylation sites (N-methyl/N-ethyl adjacent to an activating group) is 1. The number of amides is 1. The lowest BCUT2D eigenvalue weighted by Crippen LogP contribution is -2.35. The van der Waals surface area contributed by atoms with Crippen LogP contribution in [0.1, 0.15) is 28.9 Å². The number of rotatable bonds is 4. The number of benzene rings is 1. The molecular formula is C15H19N3O2. The molecule has 0 radical (unpaired) electrons. The minimum Gasteiger partial charge on any atom is -0.391 e. The highest BCUT2D eigenvalue weighted by molar-refractivity contribution is 6.04. The Morgan fingerprint density at radius 3 is 3.00 bits per heavy atom. The van der Waals surface area contributed by atoms with Gasteiger partial charge in [-0.15, -0.1) is 0 Å². The number of fused-ring (bicyclic) bond motifs is 1. The Bertz CT molecular complexity index is 646. The van der Waals surface area contributed by atoms with Gasteiger partial charge in [0.2, 0.25) is 0 Å². The van der Waals surface area contributed by atoms with Crippen molar-refractivity contribution in [1.29, 1.82) is 0 Å². The predicted molar refractivity (Wildman–Crippen MR) is 76.5 cm³/mol. The van der Waals surface area contributed by atoms with Crippen molar-refractivity contribution in [1.82, 2.24) is 15.1 Å². The lowest BCUT2D eigenvalue weighted by atomic mass is 10.1. The van der Waals surface area contributed by atoms with E-state index in [1.807, 2.05) is 25.1 Å². The Morgan fingerprint density at radius 1 is 1.55 bits per heavy atom. The van der Waals surface area contributed by atoms with Crippen molar-refractivity contribution in [3.63, 3.8) is 0 Å². The van der Waals surface area contributed by atoms with E-state index in [4.69, 9.17) is 0 Å². The molecule has 106 valence electrons. The summed E-state index contributed by atoms with van der Waals surface area (Å²) in [5.74, 6) is 0.213. The number of hydrogen-bond acceptors (Lipinski definition) is 3. The highest BCUT2D eigenvalue weighted by Gasteiger charge is 2.31. The van der Waals surface area contributed by atoms with Crippen molar-refractivity contribution in [3.8, 4) is 0 Å². The fraction of sp³-hybridized carbons (Fsp3) is 0.467. The number of carbonyl (C=O) groups is 1. The number of aryl methyl sites for hydroxylation is 1. The van der Waals surface area contributed by atoms with E-state index in [1.54, 1.807) is 11.9 Å². The molecule has 1 fully saturated rings. The van der Waals surface area contributed by atoms with Crippen LogP contribution in [0.5, 0.6) is 0 Å². The van der Waals surface area contributed by atoms with Crippen molar-refractivity contribution in [3.05, 3.63) is 29.5 Å². The molecule has 1 saturated carbocycles. The molecule has 1 aliphatic rings. The third-order valence-electron chi connectivity index (χ3n) is 3.89. The zero-order valence-electron chi connectivity index (χ0n) is 11.8. The van der Waals surface area contributed by atoms with E-state index in [0.717, 1.165) is 29.3 Å². The molecule has 1 atom stereocenters. The number of H-pyrrole nitrogens is 1. The second-order valence-corrected chi connectivity index (χ2v) is 5.71. The summed E-state index contributed by atoms with van der Waals surface area (Å²) in [4.78, 5) is 14.0. The lowest BCUT2D eigenvalue weighted by molar-refractivity contribution is 0.0642. The zero-order valence-corrected chi connectivity index (χ0v) is 11.8. The lowest BCUT2D eigenvalue weighted by Gasteiger charge is -2.19. The standard InChI is InChI=1S/C15H19N3O2/c1-9-3-6-12-11(7-9)14(17-16-12)15(20)18(2)8-13(19)10-4-5-10/h3,6-7,10,13,19H,4-5,8H2,1-2H3,(H,16,17). The van der Waals surface area contributed by atoms with Gasteiger partial charge in [0.15, 0.2) is 5.69 Å². The van der Waals surface area contributed by atoms with Crippen LogP contribution in [0.15, 0.2) is 18.2 Å². The van der Waals surface area contributed by atoms with Crippen LogP contribution in [0, 0.1) is 12.8 Å². The molecule has 0 spiro atoms. The topological polar surface area (TPSA) is 69.2 Å². The first-order valence-corrected chi connectivity index (χ1v) is 6.94. The molecule has 0 aliphatic heterocycles. The van der Waals surface area contributed by atoms with E-state index in [9.17, 15) is 9.90 Å². The average molecular weight is 273 g/mol. The van der Waals surface area contributed by atoms with Crippen LogP contribution in [0.2, 0.25) is 0 Å². The largest absolute Gasteiger partial charge is 0.391 e. The quantitative estimate of drug-likeness (QED) is 0.891. The summed E-state index contributed by atoms with van der Waals surface area (Å²) in [5.41, 5.74) is 2.37. The number of carbonyl (C=O) groups excluding carboxylic acids is 1. The fourth-order valence-corrected chi connectivity index (χ4v) is 2.47. The summed E-state index contributed by atoms with van der Waals surface area (Å²) in [6.45, 7) is 2.35. The zero-order chi connectivity index (χ0) is 14.3. The second kappa shape index (κ2) is 4.90. The monoisotopic (exact) mass is 273 g/mol. The van der Waals surface area contributed by atoms with Gasteiger partial charge in [0.1, 0.15) is 0 Å². The van der Waals surface area contributed by atoms with Crippen LogP contribution >= 0.6 is 0 Å². The first kappa shape index (κ1) is 13.1. The maximum atomic E-state index is 12.4. The van der Waals surface area contributed by atoms with Gasteiger partial charge in [-0.25, -0.2) is 0 Å². The summed E-state index contributed by atoms with van der Waals surface area (Å²) in [6.07, 6.45) is 1.71. The molecule has 1 unspecified atom stereocenters. The van der Waals surface area contributed by atoms with Gasteiger partial charge in [0.25, 0.3) is 5.91 Å².